The van der Waals surface area contributed by atoms with Gasteiger partial charge < -0.3 is 9.88 Å². The first-order valence-electron chi connectivity index (χ1n) is 6.93. The zero-order chi connectivity index (χ0) is 14.2. The third-order valence-corrected chi connectivity index (χ3v) is 4.48. The Morgan fingerprint density at radius 3 is 3.14 bits per heavy atom. The van der Waals surface area contributed by atoms with Crippen molar-refractivity contribution in [2.75, 3.05) is 5.32 Å². The summed E-state index contributed by atoms with van der Waals surface area (Å²) in [6.45, 7) is 2.94. The molecule has 0 bridgehead atoms. The number of hydrogen-bond donors (Lipinski definition) is 1. The summed E-state index contributed by atoms with van der Waals surface area (Å²) in [4.78, 5) is 14.4. The minimum absolute atomic E-state index is 0.369. The number of thiophene rings is 1. The van der Waals surface area contributed by atoms with Gasteiger partial charge in [0.15, 0.2) is 5.82 Å². The van der Waals surface area contributed by atoms with Crippen LogP contribution in [0, 0.1) is 6.92 Å². The van der Waals surface area contributed by atoms with Crippen molar-refractivity contribution in [3.63, 3.8) is 0 Å². The number of nitrogens with one attached hydrogen (secondary N) is 1. The molecule has 106 valence electrons. The fraction of sp³-hybridized carbons (Fsp3) is 0.267. The Hall–Kier alpha value is -2.21. The highest BCUT2D eigenvalue weighted by Crippen LogP contribution is 2.24. The van der Waals surface area contributed by atoms with Gasteiger partial charge >= 0.3 is 0 Å². The van der Waals surface area contributed by atoms with Crippen LogP contribution in [-0.4, -0.2) is 25.6 Å². The molecular weight excluding hydrogens is 282 g/mol. The van der Waals surface area contributed by atoms with Crippen molar-refractivity contribution < 1.29 is 0 Å². The molecule has 5 nitrogen and oxygen atoms in total. The first-order chi connectivity index (χ1) is 10.3. The van der Waals surface area contributed by atoms with Crippen molar-refractivity contribution in [3.05, 3.63) is 47.5 Å². The molecule has 0 spiro atoms. The number of aromatic nitrogens is 4. The first kappa shape index (κ1) is 12.5. The minimum atomic E-state index is 0.369. The molecule has 0 radical (unpaired) electrons. The fourth-order valence-electron chi connectivity index (χ4n) is 2.70. The summed E-state index contributed by atoms with van der Waals surface area (Å²) in [5.41, 5.74) is 2.26. The minimum Gasteiger partial charge on any atom is -0.365 e. The van der Waals surface area contributed by atoms with Crippen LogP contribution in [-0.2, 0) is 13.0 Å². The SMILES string of the molecule is Cc1cc(NC2Cc3cncn3C2)nc(-c2cccs2)n1. The van der Waals surface area contributed by atoms with Crippen molar-refractivity contribution in [2.45, 2.75) is 25.9 Å². The summed E-state index contributed by atoms with van der Waals surface area (Å²) < 4.78 is 2.19. The first-order valence-corrected chi connectivity index (χ1v) is 7.81. The van der Waals surface area contributed by atoms with Gasteiger partial charge in [-0.05, 0) is 18.4 Å². The third kappa shape index (κ3) is 2.42. The molecule has 3 aromatic rings. The molecule has 0 fully saturated rings. The zero-order valence-corrected chi connectivity index (χ0v) is 12.5. The van der Waals surface area contributed by atoms with E-state index in [1.54, 1.807) is 11.3 Å². The van der Waals surface area contributed by atoms with Crippen molar-refractivity contribution >= 4 is 17.2 Å². The molecule has 4 heterocycles. The molecule has 4 rings (SSSR count). The summed E-state index contributed by atoms with van der Waals surface area (Å²) in [7, 11) is 0. The maximum absolute atomic E-state index is 4.65. The molecular formula is C15H15N5S. The van der Waals surface area contributed by atoms with E-state index >= 15 is 0 Å². The zero-order valence-electron chi connectivity index (χ0n) is 11.7. The standard InChI is InChI=1S/C15H15N5S/c1-10-5-14(19-15(17-10)13-3-2-4-21-13)18-11-6-12-7-16-9-20(12)8-11/h2-5,7,9,11H,6,8H2,1H3,(H,17,18,19). The summed E-state index contributed by atoms with van der Waals surface area (Å²) in [5.74, 6) is 1.70. The molecule has 6 heteroatoms. The molecule has 1 N–H and O–H groups in total. The van der Waals surface area contributed by atoms with Crippen LogP contribution >= 0.6 is 11.3 Å². The van der Waals surface area contributed by atoms with Crippen LogP contribution in [0.25, 0.3) is 10.7 Å². The largest absolute Gasteiger partial charge is 0.365 e. The smallest absolute Gasteiger partial charge is 0.171 e. The Bertz CT molecular complexity index is 742. The lowest BCUT2D eigenvalue weighted by molar-refractivity contribution is 0.669. The van der Waals surface area contributed by atoms with Crippen molar-refractivity contribution in [1.29, 1.82) is 0 Å². The van der Waals surface area contributed by atoms with Crippen LogP contribution in [0.2, 0.25) is 0 Å². The number of rotatable bonds is 3. The number of anilines is 1. The quantitative estimate of drug-likeness (QED) is 0.807. The average Bonchev–Trinajstić information content (AvgIpc) is 3.14. The molecule has 0 saturated carbocycles. The van der Waals surface area contributed by atoms with Crippen molar-refractivity contribution in [2.24, 2.45) is 0 Å². The number of fused-ring (bicyclic) bond motifs is 1. The molecule has 0 aromatic carbocycles. The number of aryl methyl sites for hydroxylation is 1. The van der Waals surface area contributed by atoms with Crippen molar-refractivity contribution in [1.82, 2.24) is 19.5 Å². The van der Waals surface area contributed by atoms with Crippen LogP contribution in [0.3, 0.4) is 0 Å². The number of hydrogen-bond acceptors (Lipinski definition) is 5. The highest BCUT2D eigenvalue weighted by atomic mass is 32.1. The maximum Gasteiger partial charge on any atom is 0.171 e. The van der Waals surface area contributed by atoms with Gasteiger partial charge in [0, 0.05) is 36.6 Å². The number of imidazole rings is 1. The van der Waals surface area contributed by atoms with E-state index in [-0.39, 0.29) is 0 Å². The molecule has 0 aliphatic carbocycles. The van der Waals surface area contributed by atoms with E-state index < -0.39 is 0 Å². The third-order valence-electron chi connectivity index (χ3n) is 3.62. The topological polar surface area (TPSA) is 55.6 Å². The second kappa shape index (κ2) is 4.96. The van der Waals surface area contributed by atoms with E-state index in [9.17, 15) is 0 Å². The second-order valence-electron chi connectivity index (χ2n) is 5.28. The monoisotopic (exact) mass is 297 g/mol. The van der Waals surface area contributed by atoms with Gasteiger partial charge in [-0.1, -0.05) is 6.07 Å². The molecule has 3 aromatic heterocycles. The Morgan fingerprint density at radius 2 is 2.33 bits per heavy atom. The van der Waals surface area contributed by atoms with Gasteiger partial charge in [-0.15, -0.1) is 11.3 Å². The molecule has 1 unspecified atom stereocenters. The molecule has 21 heavy (non-hydrogen) atoms. The normalized spacial score (nSPS) is 16.9. The summed E-state index contributed by atoms with van der Waals surface area (Å²) in [6.07, 6.45) is 4.81. The molecule has 1 aliphatic rings. The van der Waals surface area contributed by atoms with Gasteiger partial charge in [0.25, 0.3) is 0 Å². The van der Waals surface area contributed by atoms with E-state index in [4.69, 9.17) is 0 Å². The van der Waals surface area contributed by atoms with Gasteiger partial charge in [-0.2, -0.15) is 0 Å². The van der Waals surface area contributed by atoms with Gasteiger partial charge in [0.2, 0.25) is 0 Å². The predicted octanol–water partition coefficient (Wildman–Crippen LogP) is 2.75. The van der Waals surface area contributed by atoms with Crippen LogP contribution < -0.4 is 5.32 Å². The summed E-state index contributed by atoms with van der Waals surface area (Å²) >= 11 is 1.66. The summed E-state index contributed by atoms with van der Waals surface area (Å²) in [5, 5.41) is 5.57. The summed E-state index contributed by atoms with van der Waals surface area (Å²) in [6, 6.07) is 6.45. The Kier molecular flexibility index (Phi) is 2.96. The lowest BCUT2D eigenvalue weighted by atomic mass is 10.2. The molecule has 0 saturated heterocycles. The second-order valence-corrected chi connectivity index (χ2v) is 6.23. The lowest BCUT2D eigenvalue weighted by Gasteiger charge is -2.13. The van der Waals surface area contributed by atoms with E-state index in [1.165, 1.54) is 5.69 Å². The van der Waals surface area contributed by atoms with E-state index in [2.05, 4.69) is 30.9 Å². The molecule has 1 atom stereocenters. The number of nitrogens with zero attached hydrogens (tertiary/aromatic N) is 4. The average molecular weight is 297 g/mol. The van der Waals surface area contributed by atoms with E-state index in [0.717, 1.165) is 35.2 Å². The van der Waals surface area contributed by atoms with Crippen LogP contribution in [0.15, 0.2) is 36.1 Å². The van der Waals surface area contributed by atoms with Crippen molar-refractivity contribution in [3.8, 4) is 10.7 Å². The molecule has 0 amide bonds. The maximum atomic E-state index is 4.65. The van der Waals surface area contributed by atoms with Gasteiger partial charge in [0.05, 0.1) is 17.2 Å². The van der Waals surface area contributed by atoms with Gasteiger partial charge in [-0.3, -0.25) is 0 Å². The predicted molar refractivity (Wildman–Crippen MR) is 83.4 cm³/mol. The van der Waals surface area contributed by atoms with E-state index in [1.807, 2.05) is 37.0 Å². The Morgan fingerprint density at radius 1 is 1.38 bits per heavy atom. The molecule has 1 aliphatic heterocycles. The van der Waals surface area contributed by atoms with Gasteiger partial charge in [0.1, 0.15) is 5.82 Å². The van der Waals surface area contributed by atoms with Gasteiger partial charge in [-0.25, -0.2) is 15.0 Å². The Labute approximate surface area is 126 Å². The van der Waals surface area contributed by atoms with Crippen LogP contribution in [0.5, 0.6) is 0 Å². The van der Waals surface area contributed by atoms with E-state index in [0.29, 0.717) is 6.04 Å². The van der Waals surface area contributed by atoms with Crippen LogP contribution in [0.4, 0.5) is 5.82 Å². The fourth-order valence-corrected chi connectivity index (χ4v) is 3.36. The highest BCUT2D eigenvalue weighted by Gasteiger charge is 2.21. The van der Waals surface area contributed by atoms with Crippen LogP contribution in [0.1, 0.15) is 11.4 Å². The Balaban J connectivity index is 1.57. The lowest BCUT2D eigenvalue weighted by Crippen LogP contribution is -2.21. The highest BCUT2D eigenvalue weighted by molar-refractivity contribution is 7.13.